The number of hydrogen-bond acceptors (Lipinski definition) is 8. The number of imidazole rings is 3. The average molecular weight is 662 g/mol. The van der Waals surface area contributed by atoms with Gasteiger partial charge in [0.05, 0.1) is 75.4 Å². The zero-order valence-corrected chi connectivity index (χ0v) is 27.2. The van der Waals surface area contributed by atoms with Crippen molar-refractivity contribution < 1.29 is 36.3 Å². The molecule has 7 aromatic rings. The van der Waals surface area contributed by atoms with Gasteiger partial charge in [-0.05, 0) is 123 Å². The van der Waals surface area contributed by atoms with Crippen LogP contribution in [0.4, 0.5) is 0 Å². The topological polar surface area (TPSA) is 179 Å². The van der Waals surface area contributed by atoms with Gasteiger partial charge >= 0.3 is 16.5 Å². The second-order valence-corrected chi connectivity index (χ2v) is 10.6. The van der Waals surface area contributed by atoms with Crippen LogP contribution >= 0.6 is 0 Å². The van der Waals surface area contributed by atoms with Crippen molar-refractivity contribution in [3.8, 4) is 0 Å². The van der Waals surface area contributed by atoms with E-state index in [1.165, 1.54) is 39.4 Å². The van der Waals surface area contributed by atoms with E-state index in [-0.39, 0.29) is 16.5 Å². The molecule has 0 atom stereocenters. The van der Waals surface area contributed by atoms with Crippen molar-refractivity contribution in [1.29, 1.82) is 0 Å². The van der Waals surface area contributed by atoms with Gasteiger partial charge in [-0.3, -0.25) is 0 Å². The standard InChI is InChI=1S/3C9H10N2.C7H5NO4.Ni/c3*1-6-3-8-9(4-7(6)2)11-5-10-8;9-6(10)4-2-1-3-5(8-4)7(11)12;/h3*3-5H,1-2H3,(H,10,11);1-3H,(H,9,10)(H,11,12);/q;;;;+2/p-2. The van der Waals surface area contributed by atoms with E-state index in [9.17, 15) is 19.8 Å². The Kier molecular flexibility index (Phi) is 11.9. The number of H-pyrrole nitrogens is 3. The van der Waals surface area contributed by atoms with E-state index in [1.807, 2.05) is 0 Å². The molecule has 0 radical (unpaired) electrons. The van der Waals surface area contributed by atoms with E-state index in [0.717, 1.165) is 45.2 Å². The number of fused-ring (bicyclic) bond motifs is 3. The predicted octanol–water partition coefficient (Wildman–Crippen LogP) is 4.35. The minimum Gasteiger partial charge on any atom is -0.543 e. The van der Waals surface area contributed by atoms with E-state index in [2.05, 4.69) is 113 Å². The van der Waals surface area contributed by atoms with Crippen molar-refractivity contribution in [2.75, 3.05) is 0 Å². The number of hydrogen-bond donors (Lipinski definition) is 3. The fourth-order valence-corrected chi connectivity index (χ4v) is 4.25. The molecular formula is C34H33N7NiO4. The molecular weight excluding hydrogens is 629 g/mol. The number of nitrogens with one attached hydrogen (secondary N) is 3. The maximum Gasteiger partial charge on any atom is 2.00 e. The monoisotopic (exact) mass is 661 g/mol. The molecule has 0 unspecified atom stereocenters. The van der Waals surface area contributed by atoms with Gasteiger partial charge in [0.2, 0.25) is 0 Å². The summed E-state index contributed by atoms with van der Waals surface area (Å²) in [4.78, 5) is 45.3. The Balaban J connectivity index is 0.000000166. The van der Waals surface area contributed by atoms with Crippen molar-refractivity contribution >= 4 is 45.0 Å². The summed E-state index contributed by atoms with van der Waals surface area (Å²) in [7, 11) is 0. The van der Waals surface area contributed by atoms with Crippen LogP contribution in [0.1, 0.15) is 54.4 Å². The van der Waals surface area contributed by atoms with Crippen LogP contribution in [-0.2, 0) is 16.5 Å². The third-order valence-corrected chi connectivity index (χ3v) is 7.27. The number of carbonyl (C=O) groups is 2. The van der Waals surface area contributed by atoms with Gasteiger partial charge < -0.3 is 34.8 Å². The minimum absolute atomic E-state index is 0. The van der Waals surface area contributed by atoms with Crippen LogP contribution < -0.4 is 10.2 Å². The van der Waals surface area contributed by atoms with Crippen molar-refractivity contribution in [1.82, 2.24) is 34.9 Å². The quantitative estimate of drug-likeness (QED) is 0.229. The Morgan fingerprint density at radius 1 is 0.522 bits per heavy atom. The number of aromatic amines is 3. The number of carboxylic acid groups (broad SMARTS) is 2. The van der Waals surface area contributed by atoms with Gasteiger partial charge in [0.1, 0.15) is 0 Å². The van der Waals surface area contributed by atoms with Crippen LogP contribution in [0.3, 0.4) is 0 Å². The smallest absolute Gasteiger partial charge is 0.543 e. The van der Waals surface area contributed by atoms with Crippen LogP contribution in [0.25, 0.3) is 33.1 Å². The van der Waals surface area contributed by atoms with Crippen LogP contribution in [-0.4, -0.2) is 46.8 Å². The average Bonchev–Trinajstić information content (AvgIpc) is 3.76. The molecule has 0 aliphatic rings. The summed E-state index contributed by atoms with van der Waals surface area (Å²) in [5, 5.41) is 20.4. The molecule has 0 bridgehead atoms. The van der Waals surface area contributed by atoms with Gasteiger partial charge in [-0.2, -0.15) is 0 Å². The van der Waals surface area contributed by atoms with E-state index < -0.39 is 23.3 Å². The van der Waals surface area contributed by atoms with E-state index in [0.29, 0.717) is 0 Å². The van der Waals surface area contributed by atoms with Crippen molar-refractivity contribution in [2.45, 2.75) is 41.5 Å². The Morgan fingerprint density at radius 3 is 1.09 bits per heavy atom. The number of carbonyl (C=O) groups excluding carboxylic acids is 2. The largest absolute Gasteiger partial charge is 2.00 e. The summed E-state index contributed by atoms with van der Waals surface area (Å²) in [6.07, 6.45) is 5.18. The van der Waals surface area contributed by atoms with Gasteiger partial charge in [-0.25, -0.2) is 19.9 Å². The van der Waals surface area contributed by atoms with Crippen molar-refractivity contribution in [3.05, 3.63) is 118 Å². The SMILES string of the molecule is Cc1cc2nc[nH]c2cc1C.Cc1cc2nc[nH]c2cc1C.Cc1cc2nc[nH]c2cc1C.O=C([O-])c1cccc(C(=O)[O-])n1.[Ni+2]. The zero-order valence-electron chi connectivity index (χ0n) is 26.2. The molecule has 0 saturated carbocycles. The second kappa shape index (κ2) is 15.6. The Labute approximate surface area is 275 Å². The molecule has 11 nitrogen and oxygen atoms in total. The molecule has 3 N–H and O–H groups in total. The fraction of sp³-hybridized carbons (Fsp3) is 0.176. The molecule has 4 aromatic heterocycles. The molecule has 0 amide bonds. The molecule has 46 heavy (non-hydrogen) atoms. The van der Waals surface area contributed by atoms with Gasteiger partial charge in [0.15, 0.2) is 0 Å². The summed E-state index contributed by atoms with van der Waals surface area (Å²) in [5.74, 6) is -3.03. The maximum absolute atomic E-state index is 10.2. The van der Waals surface area contributed by atoms with Crippen LogP contribution in [0.2, 0.25) is 0 Å². The van der Waals surface area contributed by atoms with Crippen LogP contribution in [0.15, 0.2) is 73.6 Å². The second-order valence-electron chi connectivity index (χ2n) is 10.6. The number of rotatable bonds is 2. The molecule has 7 rings (SSSR count). The molecule has 0 fully saturated rings. The minimum atomic E-state index is -1.52. The molecule has 0 spiro atoms. The van der Waals surface area contributed by atoms with E-state index in [4.69, 9.17) is 0 Å². The fourth-order valence-electron chi connectivity index (χ4n) is 4.25. The normalized spacial score (nSPS) is 10.1. The number of pyridine rings is 1. The third kappa shape index (κ3) is 8.86. The van der Waals surface area contributed by atoms with Gasteiger partial charge in [0, 0.05) is 0 Å². The first-order valence-electron chi connectivity index (χ1n) is 14.0. The summed E-state index contributed by atoms with van der Waals surface area (Å²) in [6.45, 7) is 12.6. The predicted molar refractivity (Wildman–Crippen MR) is 170 cm³/mol. The first-order valence-corrected chi connectivity index (χ1v) is 14.0. The Hall–Kier alpha value is -5.35. The molecule has 3 aromatic carbocycles. The van der Waals surface area contributed by atoms with Crippen molar-refractivity contribution in [3.63, 3.8) is 0 Å². The first kappa shape index (κ1) is 35.1. The van der Waals surface area contributed by atoms with Crippen LogP contribution in [0, 0.1) is 41.5 Å². The summed E-state index contributed by atoms with van der Waals surface area (Å²) < 4.78 is 0. The number of aromatic carboxylic acids is 2. The third-order valence-electron chi connectivity index (χ3n) is 7.27. The van der Waals surface area contributed by atoms with Gasteiger partial charge in [-0.15, -0.1) is 0 Å². The summed E-state index contributed by atoms with van der Waals surface area (Å²) in [6, 6.07) is 16.2. The van der Waals surface area contributed by atoms with Crippen molar-refractivity contribution in [2.24, 2.45) is 0 Å². The number of nitrogens with zero attached hydrogens (tertiary/aromatic N) is 4. The first-order chi connectivity index (χ1) is 21.4. The maximum atomic E-state index is 10.2. The van der Waals surface area contributed by atoms with E-state index in [1.54, 1.807) is 19.0 Å². The summed E-state index contributed by atoms with van der Waals surface area (Å²) >= 11 is 0. The number of carboxylic acids is 2. The summed E-state index contributed by atoms with van der Waals surface area (Å²) in [5.41, 5.74) is 13.5. The Bertz CT molecular complexity index is 1790. The number of aromatic nitrogens is 7. The molecule has 0 aliphatic heterocycles. The van der Waals surface area contributed by atoms with Gasteiger partial charge in [0.25, 0.3) is 0 Å². The molecule has 4 heterocycles. The number of benzene rings is 3. The van der Waals surface area contributed by atoms with Crippen LogP contribution in [0.5, 0.6) is 0 Å². The zero-order chi connectivity index (χ0) is 32.7. The van der Waals surface area contributed by atoms with E-state index >= 15 is 0 Å². The number of aryl methyl sites for hydroxylation is 6. The van der Waals surface area contributed by atoms with Gasteiger partial charge in [-0.1, -0.05) is 6.07 Å². The molecule has 0 saturated heterocycles. The molecule has 0 aliphatic carbocycles. The molecule has 238 valence electrons. The Morgan fingerprint density at radius 2 is 0.804 bits per heavy atom. The molecule has 12 heteroatoms.